The van der Waals surface area contributed by atoms with Crippen molar-refractivity contribution < 1.29 is 4.74 Å². The largest absolute Gasteiger partial charge is 0.374 e. The van der Waals surface area contributed by atoms with Gasteiger partial charge < -0.3 is 9.72 Å². The molecule has 0 amide bonds. The third kappa shape index (κ3) is 1.95. The van der Waals surface area contributed by atoms with E-state index >= 15 is 0 Å². The van der Waals surface area contributed by atoms with Crippen molar-refractivity contribution in [2.24, 2.45) is 0 Å². The van der Waals surface area contributed by atoms with E-state index in [0.29, 0.717) is 10.0 Å². The van der Waals surface area contributed by atoms with Crippen LogP contribution in [-0.2, 0) is 4.74 Å². The maximum Gasteiger partial charge on any atom is 0.136 e. The summed E-state index contributed by atoms with van der Waals surface area (Å²) in [6, 6.07) is 3.50. The number of nitrogens with one attached hydrogen (secondary N) is 1. The molecular formula is C10H10Cl2N2O. The van der Waals surface area contributed by atoms with Crippen LogP contribution in [0.1, 0.15) is 18.9 Å². The first-order chi connectivity index (χ1) is 7.11. The zero-order valence-corrected chi connectivity index (χ0v) is 9.86. The van der Waals surface area contributed by atoms with Crippen LogP contribution in [0.4, 0.5) is 0 Å². The molecule has 1 heterocycles. The number of hydrogen-bond donors (Lipinski definition) is 1. The lowest BCUT2D eigenvalue weighted by Crippen LogP contribution is -1.97. The second kappa shape index (κ2) is 4.00. The van der Waals surface area contributed by atoms with E-state index in [4.69, 9.17) is 27.9 Å². The average molecular weight is 245 g/mol. The molecule has 0 saturated heterocycles. The molecule has 15 heavy (non-hydrogen) atoms. The quantitative estimate of drug-likeness (QED) is 0.878. The Morgan fingerprint density at radius 1 is 1.33 bits per heavy atom. The molecule has 0 aliphatic heterocycles. The number of H-pyrrole nitrogens is 1. The Morgan fingerprint density at radius 3 is 2.67 bits per heavy atom. The predicted molar refractivity (Wildman–Crippen MR) is 61.5 cm³/mol. The maximum atomic E-state index is 5.90. The van der Waals surface area contributed by atoms with Gasteiger partial charge in [0.25, 0.3) is 0 Å². The summed E-state index contributed by atoms with van der Waals surface area (Å²) < 4.78 is 5.17. The molecule has 1 unspecified atom stereocenters. The van der Waals surface area contributed by atoms with Gasteiger partial charge in [0.05, 0.1) is 21.1 Å². The van der Waals surface area contributed by atoms with Crippen LogP contribution in [0.3, 0.4) is 0 Å². The molecule has 2 rings (SSSR count). The lowest BCUT2D eigenvalue weighted by Gasteiger charge is -2.03. The summed E-state index contributed by atoms with van der Waals surface area (Å²) in [5, 5.41) is 1.02. The van der Waals surface area contributed by atoms with Crippen molar-refractivity contribution in [1.29, 1.82) is 0 Å². The van der Waals surface area contributed by atoms with Crippen LogP contribution in [-0.4, -0.2) is 17.1 Å². The number of methoxy groups -OCH3 is 1. The highest BCUT2D eigenvalue weighted by Crippen LogP contribution is 2.27. The third-order valence-electron chi connectivity index (χ3n) is 2.28. The number of nitrogens with zero attached hydrogens (tertiary/aromatic N) is 1. The molecule has 1 atom stereocenters. The minimum Gasteiger partial charge on any atom is -0.374 e. The van der Waals surface area contributed by atoms with Crippen molar-refractivity contribution in [2.45, 2.75) is 13.0 Å². The van der Waals surface area contributed by atoms with E-state index in [2.05, 4.69) is 9.97 Å². The van der Waals surface area contributed by atoms with Crippen LogP contribution < -0.4 is 0 Å². The number of hydrogen-bond acceptors (Lipinski definition) is 2. The van der Waals surface area contributed by atoms with Gasteiger partial charge >= 0.3 is 0 Å². The minimum absolute atomic E-state index is 0.0741. The highest BCUT2D eigenvalue weighted by molar-refractivity contribution is 6.42. The van der Waals surface area contributed by atoms with Gasteiger partial charge in [-0.1, -0.05) is 23.2 Å². The van der Waals surface area contributed by atoms with E-state index in [1.807, 2.05) is 6.92 Å². The number of aromatic amines is 1. The molecule has 5 heteroatoms. The van der Waals surface area contributed by atoms with E-state index in [1.165, 1.54) is 0 Å². The maximum absolute atomic E-state index is 5.90. The number of rotatable bonds is 2. The van der Waals surface area contributed by atoms with Crippen molar-refractivity contribution in [3.8, 4) is 0 Å². The van der Waals surface area contributed by atoms with Gasteiger partial charge in [0.15, 0.2) is 0 Å². The van der Waals surface area contributed by atoms with Gasteiger partial charge in [0, 0.05) is 7.11 Å². The molecular weight excluding hydrogens is 235 g/mol. The number of fused-ring (bicyclic) bond motifs is 1. The van der Waals surface area contributed by atoms with Crippen molar-refractivity contribution >= 4 is 34.2 Å². The molecule has 1 aromatic heterocycles. The van der Waals surface area contributed by atoms with Gasteiger partial charge in [-0.05, 0) is 19.1 Å². The molecule has 80 valence electrons. The normalized spacial score (nSPS) is 13.3. The monoisotopic (exact) mass is 244 g/mol. The van der Waals surface area contributed by atoms with Gasteiger partial charge in [0.2, 0.25) is 0 Å². The van der Waals surface area contributed by atoms with Gasteiger partial charge in [0.1, 0.15) is 11.9 Å². The summed E-state index contributed by atoms with van der Waals surface area (Å²) in [5.74, 6) is 0.769. The lowest BCUT2D eigenvalue weighted by atomic mass is 10.3. The van der Waals surface area contributed by atoms with Crippen LogP contribution in [0.25, 0.3) is 11.0 Å². The fourth-order valence-corrected chi connectivity index (χ4v) is 1.65. The zero-order chi connectivity index (χ0) is 11.0. The second-order valence-electron chi connectivity index (χ2n) is 3.28. The summed E-state index contributed by atoms with van der Waals surface area (Å²) in [6.45, 7) is 1.92. The first-order valence-corrected chi connectivity index (χ1v) is 5.25. The first kappa shape index (κ1) is 10.7. The first-order valence-electron chi connectivity index (χ1n) is 4.49. The third-order valence-corrected chi connectivity index (χ3v) is 3.00. The minimum atomic E-state index is -0.0741. The summed E-state index contributed by atoms with van der Waals surface area (Å²) in [5.41, 5.74) is 1.66. The standard InChI is InChI=1S/C10H10Cl2N2O/c1-5(15-2)10-13-8-3-6(11)7(12)4-9(8)14-10/h3-5H,1-2H3,(H,13,14). The SMILES string of the molecule is COC(C)c1nc2cc(Cl)c(Cl)cc2[nH]1. The summed E-state index contributed by atoms with van der Waals surface area (Å²) in [7, 11) is 1.64. The molecule has 0 spiro atoms. The van der Waals surface area contributed by atoms with Crippen molar-refractivity contribution in [3.05, 3.63) is 28.0 Å². The topological polar surface area (TPSA) is 37.9 Å². The molecule has 1 aromatic carbocycles. The van der Waals surface area contributed by atoms with Gasteiger partial charge in [-0.15, -0.1) is 0 Å². The van der Waals surface area contributed by atoms with Gasteiger partial charge in [-0.25, -0.2) is 4.98 Å². The van der Waals surface area contributed by atoms with E-state index in [9.17, 15) is 0 Å². The van der Waals surface area contributed by atoms with E-state index in [-0.39, 0.29) is 6.10 Å². The molecule has 0 saturated carbocycles. The highest BCUT2D eigenvalue weighted by atomic mass is 35.5. The fourth-order valence-electron chi connectivity index (χ4n) is 1.33. The van der Waals surface area contributed by atoms with Crippen LogP contribution in [0, 0.1) is 0 Å². The van der Waals surface area contributed by atoms with Crippen LogP contribution in [0.15, 0.2) is 12.1 Å². The van der Waals surface area contributed by atoms with Crippen molar-refractivity contribution in [3.63, 3.8) is 0 Å². The molecule has 0 aliphatic rings. The summed E-state index contributed by atoms with van der Waals surface area (Å²) >= 11 is 11.8. The molecule has 0 radical (unpaired) electrons. The van der Waals surface area contributed by atoms with Gasteiger partial charge in [-0.3, -0.25) is 0 Å². The number of halogens is 2. The molecule has 3 nitrogen and oxygen atoms in total. The molecule has 0 fully saturated rings. The van der Waals surface area contributed by atoms with Crippen molar-refractivity contribution in [1.82, 2.24) is 9.97 Å². The van der Waals surface area contributed by atoms with E-state index < -0.39 is 0 Å². The van der Waals surface area contributed by atoms with Crippen LogP contribution in [0.5, 0.6) is 0 Å². The Labute approximate surface area is 97.4 Å². The average Bonchev–Trinajstić information content (AvgIpc) is 2.60. The Balaban J connectivity index is 2.56. The molecule has 1 N–H and O–H groups in total. The summed E-state index contributed by atoms with van der Waals surface area (Å²) in [4.78, 5) is 7.50. The Bertz CT molecular complexity index is 456. The van der Waals surface area contributed by atoms with Crippen LogP contribution in [0.2, 0.25) is 10.0 Å². The van der Waals surface area contributed by atoms with Gasteiger partial charge in [-0.2, -0.15) is 0 Å². The number of imidazole rings is 1. The zero-order valence-electron chi connectivity index (χ0n) is 8.34. The number of ether oxygens (including phenoxy) is 1. The fraction of sp³-hybridized carbons (Fsp3) is 0.300. The van der Waals surface area contributed by atoms with E-state index in [0.717, 1.165) is 16.9 Å². The molecule has 0 bridgehead atoms. The molecule has 0 aliphatic carbocycles. The molecule has 2 aromatic rings. The van der Waals surface area contributed by atoms with E-state index in [1.54, 1.807) is 19.2 Å². The summed E-state index contributed by atoms with van der Waals surface area (Å²) in [6.07, 6.45) is -0.0741. The number of aromatic nitrogens is 2. The predicted octanol–water partition coefficient (Wildman–Crippen LogP) is 3.58. The van der Waals surface area contributed by atoms with Crippen LogP contribution >= 0.6 is 23.2 Å². The highest BCUT2D eigenvalue weighted by Gasteiger charge is 2.11. The Kier molecular flexibility index (Phi) is 2.87. The smallest absolute Gasteiger partial charge is 0.136 e. The number of benzene rings is 1. The lowest BCUT2D eigenvalue weighted by molar-refractivity contribution is 0.113. The Morgan fingerprint density at radius 2 is 2.00 bits per heavy atom. The van der Waals surface area contributed by atoms with Crippen molar-refractivity contribution in [2.75, 3.05) is 7.11 Å². The second-order valence-corrected chi connectivity index (χ2v) is 4.10. The Hall–Kier alpha value is -0.770.